The van der Waals surface area contributed by atoms with E-state index < -0.39 is 10.0 Å². The van der Waals surface area contributed by atoms with Gasteiger partial charge in [-0.2, -0.15) is 0 Å². The molecule has 108 valence electrons. The summed E-state index contributed by atoms with van der Waals surface area (Å²) in [5.41, 5.74) is 0. The first-order valence-corrected chi connectivity index (χ1v) is 8.64. The zero-order valence-electron chi connectivity index (χ0n) is 11.0. The first-order chi connectivity index (χ1) is 9.01. The van der Waals surface area contributed by atoms with Gasteiger partial charge in [0.1, 0.15) is 0 Å². The number of sulfonamides is 1. The molecule has 1 aromatic rings. The molecular weight excluding hydrogens is 330 g/mol. The van der Waals surface area contributed by atoms with Gasteiger partial charge in [-0.15, -0.1) is 0 Å². The van der Waals surface area contributed by atoms with Gasteiger partial charge in [-0.1, -0.05) is 25.5 Å². The zero-order valence-corrected chi connectivity index (χ0v) is 13.4. The Bertz CT molecular complexity index is 484. The molecule has 2 N–H and O–H groups in total. The number of aliphatic hydroxyl groups is 1. The van der Waals surface area contributed by atoms with E-state index in [4.69, 9.17) is 5.11 Å². The van der Waals surface area contributed by atoms with Crippen LogP contribution in [0.25, 0.3) is 0 Å². The van der Waals surface area contributed by atoms with Gasteiger partial charge in [-0.25, -0.2) is 13.1 Å². The number of rotatable bonds is 8. The number of benzene rings is 1. The number of hydrogen-bond donors (Lipinski definition) is 2. The first-order valence-electron chi connectivity index (χ1n) is 6.36. The van der Waals surface area contributed by atoms with E-state index in [2.05, 4.69) is 20.7 Å². The molecule has 1 rings (SSSR count). The third-order valence-corrected chi connectivity index (χ3v) is 5.36. The molecule has 6 heteroatoms. The van der Waals surface area contributed by atoms with Crippen LogP contribution in [0.5, 0.6) is 0 Å². The second-order valence-electron chi connectivity index (χ2n) is 4.45. The van der Waals surface area contributed by atoms with Gasteiger partial charge in [0.2, 0.25) is 10.0 Å². The fourth-order valence-corrected chi connectivity index (χ4v) is 4.02. The zero-order chi connectivity index (χ0) is 14.3. The van der Waals surface area contributed by atoms with Crippen LogP contribution >= 0.6 is 15.9 Å². The fourth-order valence-electron chi connectivity index (χ4n) is 1.91. The monoisotopic (exact) mass is 349 g/mol. The smallest absolute Gasteiger partial charge is 0.241 e. The van der Waals surface area contributed by atoms with Crippen LogP contribution < -0.4 is 4.72 Å². The van der Waals surface area contributed by atoms with Gasteiger partial charge < -0.3 is 5.11 Å². The Morgan fingerprint density at radius 2 is 2.00 bits per heavy atom. The van der Waals surface area contributed by atoms with Crippen LogP contribution in [0.2, 0.25) is 0 Å². The molecule has 0 aliphatic rings. The van der Waals surface area contributed by atoms with E-state index in [1.807, 2.05) is 6.92 Å². The summed E-state index contributed by atoms with van der Waals surface area (Å²) in [7, 11) is -3.50. The Morgan fingerprint density at radius 3 is 2.58 bits per heavy atom. The van der Waals surface area contributed by atoms with Crippen molar-refractivity contribution in [3.63, 3.8) is 0 Å². The summed E-state index contributed by atoms with van der Waals surface area (Å²) in [6.07, 6.45) is 2.49. The summed E-state index contributed by atoms with van der Waals surface area (Å²) in [5.74, 6) is 0.173. The molecule has 0 saturated heterocycles. The molecule has 0 aliphatic carbocycles. The van der Waals surface area contributed by atoms with E-state index in [1.165, 1.54) is 0 Å². The Balaban J connectivity index is 2.72. The number of halogens is 1. The number of nitrogens with one attached hydrogen (secondary N) is 1. The Labute approximate surface area is 123 Å². The molecule has 0 aromatic heterocycles. The SMILES string of the molecule is CCCC(CCO)CNS(=O)(=O)c1ccccc1Br. The highest BCUT2D eigenvalue weighted by atomic mass is 79.9. The molecule has 0 radical (unpaired) electrons. The average molecular weight is 350 g/mol. The molecule has 1 unspecified atom stereocenters. The molecule has 0 saturated carbocycles. The highest BCUT2D eigenvalue weighted by molar-refractivity contribution is 9.10. The molecule has 0 bridgehead atoms. The van der Waals surface area contributed by atoms with Gasteiger partial charge in [0, 0.05) is 17.6 Å². The first kappa shape index (κ1) is 16.6. The van der Waals surface area contributed by atoms with Crippen molar-refractivity contribution in [3.8, 4) is 0 Å². The Kier molecular flexibility index (Phi) is 6.99. The summed E-state index contributed by atoms with van der Waals surface area (Å²) in [6, 6.07) is 6.73. The molecule has 0 heterocycles. The molecule has 0 spiro atoms. The predicted octanol–water partition coefficient (Wildman–Crippen LogP) is 2.53. The van der Waals surface area contributed by atoms with Gasteiger partial charge in [-0.05, 0) is 46.8 Å². The van der Waals surface area contributed by atoms with Crippen molar-refractivity contribution in [1.82, 2.24) is 4.72 Å². The second kappa shape index (κ2) is 7.99. The van der Waals surface area contributed by atoms with Crippen LogP contribution in [0.4, 0.5) is 0 Å². The topological polar surface area (TPSA) is 66.4 Å². The number of hydrogen-bond acceptors (Lipinski definition) is 3. The molecule has 4 nitrogen and oxygen atoms in total. The van der Waals surface area contributed by atoms with E-state index in [0.29, 0.717) is 17.4 Å². The van der Waals surface area contributed by atoms with E-state index in [1.54, 1.807) is 24.3 Å². The molecular formula is C13H20BrNO3S. The van der Waals surface area contributed by atoms with Gasteiger partial charge in [0.05, 0.1) is 4.90 Å². The lowest BCUT2D eigenvalue weighted by Gasteiger charge is -2.16. The van der Waals surface area contributed by atoms with Crippen molar-refractivity contribution in [2.24, 2.45) is 5.92 Å². The highest BCUT2D eigenvalue weighted by Crippen LogP contribution is 2.21. The van der Waals surface area contributed by atoms with Crippen molar-refractivity contribution in [3.05, 3.63) is 28.7 Å². The van der Waals surface area contributed by atoms with E-state index >= 15 is 0 Å². The van der Waals surface area contributed by atoms with Crippen molar-refractivity contribution >= 4 is 26.0 Å². The van der Waals surface area contributed by atoms with Crippen molar-refractivity contribution in [1.29, 1.82) is 0 Å². The standard InChI is InChI=1S/C13H20BrNO3S/c1-2-5-11(8-9-16)10-15-19(17,18)13-7-4-3-6-12(13)14/h3-4,6-7,11,15-16H,2,5,8-10H2,1H3. The third-order valence-electron chi connectivity index (χ3n) is 2.92. The summed E-state index contributed by atoms with van der Waals surface area (Å²) >= 11 is 3.24. The lowest BCUT2D eigenvalue weighted by atomic mass is 10.0. The van der Waals surface area contributed by atoms with Gasteiger partial charge in [0.15, 0.2) is 0 Å². The maximum atomic E-state index is 12.2. The van der Waals surface area contributed by atoms with Crippen molar-refractivity contribution in [2.45, 2.75) is 31.1 Å². The van der Waals surface area contributed by atoms with Crippen LogP contribution in [0.3, 0.4) is 0 Å². The van der Waals surface area contributed by atoms with Crippen LogP contribution in [-0.4, -0.2) is 26.7 Å². The van der Waals surface area contributed by atoms with Crippen molar-refractivity contribution < 1.29 is 13.5 Å². The molecule has 0 aliphatic heterocycles. The normalized spacial score (nSPS) is 13.4. The second-order valence-corrected chi connectivity index (χ2v) is 7.04. The number of aliphatic hydroxyl groups excluding tert-OH is 1. The van der Waals surface area contributed by atoms with Crippen molar-refractivity contribution in [2.75, 3.05) is 13.2 Å². The van der Waals surface area contributed by atoms with Crippen LogP contribution in [0.1, 0.15) is 26.2 Å². The third kappa shape index (κ3) is 5.22. The Morgan fingerprint density at radius 1 is 1.32 bits per heavy atom. The lowest BCUT2D eigenvalue weighted by molar-refractivity contribution is 0.251. The molecule has 1 aromatic carbocycles. The van der Waals surface area contributed by atoms with Gasteiger partial charge in [-0.3, -0.25) is 0 Å². The maximum absolute atomic E-state index is 12.2. The fraction of sp³-hybridized carbons (Fsp3) is 0.538. The maximum Gasteiger partial charge on any atom is 0.241 e. The van der Waals surface area contributed by atoms with Gasteiger partial charge >= 0.3 is 0 Å². The van der Waals surface area contributed by atoms with E-state index in [0.717, 1.165) is 12.8 Å². The Hall–Kier alpha value is -0.430. The summed E-state index contributed by atoms with van der Waals surface area (Å²) < 4.78 is 27.5. The molecule has 0 fully saturated rings. The lowest BCUT2D eigenvalue weighted by Crippen LogP contribution is -2.30. The van der Waals surface area contributed by atoms with Crippen LogP contribution in [0.15, 0.2) is 33.6 Å². The largest absolute Gasteiger partial charge is 0.396 e. The molecule has 1 atom stereocenters. The quantitative estimate of drug-likeness (QED) is 0.757. The van der Waals surface area contributed by atoms with E-state index in [9.17, 15) is 8.42 Å². The van der Waals surface area contributed by atoms with Gasteiger partial charge in [0.25, 0.3) is 0 Å². The van der Waals surface area contributed by atoms with Crippen LogP contribution in [-0.2, 0) is 10.0 Å². The minimum absolute atomic E-state index is 0.0847. The summed E-state index contributed by atoms with van der Waals surface area (Å²) in [4.78, 5) is 0.245. The van der Waals surface area contributed by atoms with Crippen LogP contribution in [0, 0.1) is 5.92 Å². The minimum atomic E-state index is -3.50. The minimum Gasteiger partial charge on any atom is -0.396 e. The molecule has 19 heavy (non-hydrogen) atoms. The highest BCUT2D eigenvalue weighted by Gasteiger charge is 2.18. The average Bonchev–Trinajstić information content (AvgIpc) is 2.37. The predicted molar refractivity (Wildman–Crippen MR) is 79.4 cm³/mol. The summed E-state index contributed by atoms with van der Waals surface area (Å²) in [5, 5.41) is 8.97. The summed E-state index contributed by atoms with van der Waals surface area (Å²) in [6.45, 7) is 2.49. The van der Waals surface area contributed by atoms with E-state index in [-0.39, 0.29) is 17.4 Å². The molecule has 0 amide bonds.